The molecule has 0 aliphatic heterocycles. The molecule has 48 valence electrons. The highest BCUT2D eigenvalue weighted by Crippen LogP contribution is 1.81. The first kappa shape index (κ1) is 7.58. The van der Waals surface area contributed by atoms with Crippen molar-refractivity contribution < 1.29 is 9.53 Å². The Morgan fingerprint density at radius 1 is 1.75 bits per heavy atom. The van der Waals surface area contributed by atoms with Crippen LogP contribution >= 0.6 is 12.1 Å². The number of nitrogens with one attached hydrogen (secondary N) is 2. The van der Waals surface area contributed by atoms with Gasteiger partial charge in [-0.25, -0.2) is 9.52 Å². The van der Waals surface area contributed by atoms with Gasteiger partial charge in [0, 0.05) is 12.1 Å². The fraction of sp³-hybridized carbons (Fsp3) is 0.667. The molecule has 4 nitrogen and oxygen atoms in total. The summed E-state index contributed by atoms with van der Waals surface area (Å²) in [6, 6.07) is 0. The number of ether oxygens (including phenoxy) is 1. The number of methoxy groups -OCH3 is 1. The number of hydrogen-bond donors (Lipinski definition) is 2. The van der Waals surface area contributed by atoms with Crippen LogP contribution in [0.4, 0.5) is 4.79 Å². The molecule has 0 aromatic rings. The van der Waals surface area contributed by atoms with Crippen LogP contribution in [-0.2, 0) is 4.74 Å². The summed E-state index contributed by atoms with van der Waals surface area (Å²) < 4.78 is 9.21. The first-order chi connectivity index (χ1) is 3.81. The summed E-state index contributed by atoms with van der Waals surface area (Å²) in [4.78, 5) is 10.2. The maximum atomic E-state index is 10.2. The second-order valence-electron chi connectivity index (χ2n) is 0.900. The molecule has 8 heavy (non-hydrogen) atoms. The minimum atomic E-state index is -0.454. The van der Waals surface area contributed by atoms with Crippen LogP contribution in [0.25, 0.3) is 0 Å². The molecule has 0 aliphatic rings. The average Bonchev–Trinajstić information content (AvgIpc) is 1.83. The van der Waals surface area contributed by atoms with E-state index < -0.39 is 6.09 Å². The minimum absolute atomic E-state index is 0.454. The molecule has 0 unspecified atom stereocenters. The normalized spacial score (nSPS) is 8.25. The topological polar surface area (TPSA) is 50.4 Å². The molecular formula is C3H8N2O2S. The van der Waals surface area contributed by atoms with Gasteiger partial charge in [-0.15, -0.1) is 0 Å². The van der Waals surface area contributed by atoms with Gasteiger partial charge in [0.25, 0.3) is 0 Å². The maximum absolute atomic E-state index is 10.2. The Labute approximate surface area is 52.2 Å². The summed E-state index contributed by atoms with van der Waals surface area (Å²) in [5.74, 6) is 0. The maximum Gasteiger partial charge on any atom is 0.417 e. The van der Waals surface area contributed by atoms with E-state index in [4.69, 9.17) is 0 Å². The van der Waals surface area contributed by atoms with Crippen LogP contribution in [-0.4, -0.2) is 20.3 Å². The Morgan fingerprint density at radius 3 is 2.75 bits per heavy atom. The van der Waals surface area contributed by atoms with Crippen molar-refractivity contribution >= 4 is 18.2 Å². The van der Waals surface area contributed by atoms with Crippen molar-refractivity contribution in [2.24, 2.45) is 0 Å². The van der Waals surface area contributed by atoms with Crippen LogP contribution in [0.5, 0.6) is 0 Å². The smallest absolute Gasteiger partial charge is 0.417 e. The summed E-state index contributed by atoms with van der Waals surface area (Å²) in [6.45, 7) is 0. The third-order valence-corrected chi connectivity index (χ3v) is 0.895. The highest BCUT2D eigenvalue weighted by molar-refractivity contribution is 7.95. The quantitative estimate of drug-likeness (QED) is 0.529. The molecule has 0 fully saturated rings. The van der Waals surface area contributed by atoms with Gasteiger partial charge >= 0.3 is 6.09 Å². The summed E-state index contributed by atoms with van der Waals surface area (Å²) in [5.41, 5.74) is 0. The molecule has 0 saturated carbocycles. The summed E-state index contributed by atoms with van der Waals surface area (Å²) in [6.07, 6.45) is -0.454. The number of hydrogen-bond acceptors (Lipinski definition) is 4. The molecule has 0 bridgehead atoms. The first-order valence-corrected chi connectivity index (χ1v) is 2.79. The first-order valence-electron chi connectivity index (χ1n) is 1.97. The van der Waals surface area contributed by atoms with Gasteiger partial charge in [0.15, 0.2) is 0 Å². The second-order valence-corrected chi connectivity index (χ2v) is 1.72. The van der Waals surface area contributed by atoms with Crippen LogP contribution in [0.2, 0.25) is 0 Å². The Balaban J connectivity index is 2.99. The lowest BCUT2D eigenvalue weighted by molar-refractivity contribution is 0.178. The van der Waals surface area contributed by atoms with Crippen molar-refractivity contribution in [1.82, 2.24) is 9.44 Å². The van der Waals surface area contributed by atoms with Gasteiger partial charge < -0.3 is 4.74 Å². The highest BCUT2D eigenvalue weighted by Gasteiger charge is 1.92. The lowest BCUT2D eigenvalue weighted by atomic mass is 11.2. The number of rotatable bonds is 2. The molecule has 0 atom stereocenters. The summed E-state index contributed by atoms with van der Waals surface area (Å²) in [7, 11) is 3.01. The van der Waals surface area contributed by atoms with Gasteiger partial charge in [0.2, 0.25) is 0 Å². The van der Waals surface area contributed by atoms with E-state index in [1.54, 1.807) is 7.05 Å². The average molecular weight is 136 g/mol. The zero-order chi connectivity index (χ0) is 6.41. The van der Waals surface area contributed by atoms with Crippen molar-refractivity contribution in [1.29, 1.82) is 0 Å². The van der Waals surface area contributed by atoms with E-state index in [2.05, 4.69) is 14.2 Å². The highest BCUT2D eigenvalue weighted by atomic mass is 32.2. The molecule has 0 saturated heterocycles. The van der Waals surface area contributed by atoms with E-state index in [0.29, 0.717) is 0 Å². The minimum Gasteiger partial charge on any atom is -0.452 e. The van der Waals surface area contributed by atoms with Crippen LogP contribution in [0.1, 0.15) is 0 Å². The van der Waals surface area contributed by atoms with Crippen molar-refractivity contribution in [3.05, 3.63) is 0 Å². The molecule has 0 aromatic carbocycles. The molecule has 0 aromatic heterocycles. The number of amides is 1. The SMILES string of the molecule is CNSNC(=O)OC. The molecule has 0 spiro atoms. The second kappa shape index (κ2) is 4.73. The van der Waals surface area contributed by atoms with Crippen LogP contribution in [0.3, 0.4) is 0 Å². The molecule has 0 aliphatic carbocycles. The van der Waals surface area contributed by atoms with Crippen LogP contribution in [0, 0.1) is 0 Å². The third kappa shape index (κ3) is 3.76. The van der Waals surface area contributed by atoms with E-state index >= 15 is 0 Å². The third-order valence-electron chi connectivity index (χ3n) is 0.422. The van der Waals surface area contributed by atoms with Crippen molar-refractivity contribution in [3.63, 3.8) is 0 Å². The van der Waals surface area contributed by atoms with E-state index in [1.807, 2.05) is 0 Å². The monoisotopic (exact) mass is 136 g/mol. The molecule has 5 heteroatoms. The fourth-order valence-electron chi connectivity index (χ4n) is 0.134. The van der Waals surface area contributed by atoms with E-state index in [9.17, 15) is 4.79 Å². The van der Waals surface area contributed by atoms with Gasteiger partial charge in [-0.2, -0.15) is 0 Å². The zero-order valence-electron chi connectivity index (χ0n) is 4.72. The van der Waals surface area contributed by atoms with Crippen molar-refractivity contribution in [3.8, 4) is 0 Å². The lowest BCUT2D eigenvalue weighted by Crippen LogP contribution is -2.18. The summed E-state index contributed by atoms with van der Waals surface area (Å²) >= 11 is 1.07. The molecule has 0 rings (SSSR count). The fourth-order valence-corrected chi connectivity index (χ4v) is 0.403. The van der Waals surface area contributed by atoms with E-state index in [0.717, 1.165) is 12.1 Å². The standard InChI is InChI=1S/C3H8N2O2S/c1-4-8-5-3(6)7-2/h4H,1-2H3,(H,5,6). The Hall–Kier alpha value is -0.420. The van der Waals surface area contributed by atoms with Gasteiger partial charge in [-0.05, 0) is 7.05 Å². The largest absolute Gasteiger partial charge is 0.452 e. The molecule has 1 amide bonds. The predicted octanol–water partition coefficient (Wildman–Crippen LogP) is 0.125. The van der Waals surface area contributed by atoms with E-state index in [1.165, 1.54) is 7.11 Å². The van der Waals surface area contributed by atoms with Gasteiger partial charge in [-0.3, -0.25) is 4.72 Å². The lowest BCUT2D eigenvalue weighted by Gasteiger charge is -1.97. The van der Waals surface area contributed by atoms with Gasteiger partial charge in [0.05, 0.1) is 7.11 Å². The molecule has 0 heterocycles. The van der Waals surface area contributed by atoms with Gasteiger partial charge in [-0.1, -0.05) is 0 Å². The Bertz CT molecular complexity index is 77.7. The Kier molecular flexibility index (Phi) is 4.48. The zero-order valence-corrected chi connectivity index (χ0v) is 5.54. The van der Waals surface area contributed by atoms with Crippen LogP contribution in [0.15, 0.2) is 0 Å². The molecule has 0 radical (unpaired) electrons. The van der Waals surface area contributed by atoms with Gasteiger partial charge in [0.1, 0.15) is 0 Å². The summed E-state index contributed by atoms with van der Waals surface area (Å²) in [5, 5.41) is 0. The molecular weight excluding hydrogens is 128 g/mol. The molecule has 2 N–H and O–H groups in total. The van der Waals surface area contributed by atoms with Crippen molar-refractivity contribution in [2.45, 2.75) is 0 Å². The number of carbonyl (C=O) groups is 1. The Morgan fingerprint density at radius 2 is 2.38 bits per heavy atom. The predicted molar refractivity (Wildman–Crippen MR) is 32.2 cm³/mol. The van der Waals surface area contributed by atoms with Crippen molar-refractivity contribution in [2.75, 3.05) is 14.2 Å². The van der Waals surface area contributed by atoms with E-state index in [-0.39, 0.29) is 0 Å². The van der Waals surface area contributed by atoms with Crippen LogP contribution < -0.4 is 9.44 Å². The number of carbonyl (C=O) groups excluding carboxylic acids is 1.